The van der Waals surface area contributed by atoms with E-state index in [1.165, 1.54) is 24.1 Å². The Bertz CT molecular complexity index is 1340. The van der Waals surface area contributed by atoms with Crippen LogP contribution >= 0.6 is 0 Å². The lowest BCUT2D eigenvalue weighted by Gasteiger charge is -2.30. The van der Waals surface area contributed by atoms with Gasteiger partial charge in [0.25, 0.3) is 5.91 Å². The molecule has 0 spiro atoms. The number of hydrogen-bond donors (Lipinski definition) is 3. The number of nitrogens with one attached hydrogen (secondary N) is 2. The van der Waals surface area contributed by atoms with Gasteiger partial charge in [-0.15, -0.1) is 0 Å². The number of carbonyl (C=O) groups excluding carboxylic acids is 1. The average Bonchev–Trinajstić information content (AvgIpc) is 3.46. The van der Waals surface area contributed by atoms with Crippen molar-refractivity contribution >= 4 is 23.0 Å². The van der Waals surface area contributed by atoms with Crippen molar-refractivity contribution in [2.45, 2.75) is 38.6 Å². The minimum absolute atomic E-state index is 0.107. The van der Waals surface area contributed by atoms with Gasteiger partial charge in [0, 0.05) is 24.8 Å². The first kappa shape index (κ1) is 22.4. The monoisotopic (exact) mass is 493 g/mol. The fourth-order valence-electron chi connectivity index (χ4n) is 4.85. The summed E-state index contributed by atoms with van der Waals surface area (Å²) >= 11 is 0. The lowest BCUT2D eigenvalue weighted by atomic mass is 10.0. The Morgan fingerprint density at radius 2 is 2.00 bits per heavy atom. The maximum absolute atomic E-state index is 13.3. The van der Waals surface area contributed by atoms with Crippen molar-refractivity contribution in [3.05, 3.63) is 29.7 Å². The smallest absolute Gasteiger partial charge is 0.407 e. The van der Waals surface area contributed by atoms with Gasteiger partial charge in [-0.1, -0.05) is 0 Å². The van der Waals surface area contributed by atoms with Gasteiger partial charge in [-0.25, -0.2) is 14.8 Å². The Morgan fingerprint density at radius 1 is 1.19 bits per heavy atom. The number of nitrogens with zero attached hydrogens (tertiary/aromatic N) is 3. The first-order valence-electron chi connectivity index (χ1n) is 12.2. The van der Waals surface area contributed by atoms with E-state index in [0.29, 0.717) is 89.3 Å². The van der Waals surface area contributed by atoms with Crippen LogP contribution in [0.15, 0.2) is 18.5 Å². The minimum Gasteiger partial charge on any atom is -0.492 e. The second kappa shape index (κ2) is 8.89. The number of aryl methyl sites for hydroxylation is 1. The normalized spacial score (nSPS) is 17.4. The number of benzene rings is 1. The van der Waals surface area contributed by atoms with Gasteiger partial charge in [-0.2, -0.15) is 0 Å². The fourth-order valence-corrected chi connectivity index (χ4v) is 4.85. The van der Waals surface area contributed by atoms with Crippen LogP contribution in [0.5, 0.6) is 17.2 Å². The summed E-state index contributed by atoms with van der Waals surface area (Å²) in [5.74, 6) is 2.14. The molecule has 2 fully saturated rings. The summed E-state index contributed by atoms with van der Waals surface area (Å²) in [6.07, 6.45) is 3.97. The molecule has 2 aliphatic heterocycles. The molecule has 3 aliphatic rings. The van der Waals surface area contributed by atoms with Crippen molar-refractivity contribution in [2.24, 2.45) is 5.92 Å². The molecule has 1 aromatic carbocycles. The maximum Gasteiger partial charge on any atom is 0.407 e. The van der Waals surface area contributed by atoms with Crippen molar-refractivity contribution in [2.75, 3.05) is 26.5 Å². The molecule has 2 amide bonds. The number of piperidine rings is 1. The topological polar surface area (TPSA) is 139 Å². The number of aromatic amines is 1. The first-order chi connectivity index (χ1) is 17.5. The van der Waals surface area contributed by atoms with Crippen LogP contribution in [-0.4, -0.2) is 69.5 Å². The highest BCUT2D eigenvalue weighted by Gasteiger charge is 2.30. The number of H-pyrrole nitrogens is 1. The van der Waals surface area contributed by atoms with Crippen molar-refractivity contribution in [3.8, 4) is 28.5 Å². The van der Waals surface area contributed by atoms with Crippen LogP contribution in [0.3, 0.4) is 0 Å². The minimum atomic E-state index is -0.932. The molecule has 1 saturated heterocycles. The number of aromatic nitrogens is 3. The standard InChI is InChI=1S/C25H27N5O6/c1-13-18(24(31)29-15-6-8-30(9-7-15)25(32)33)20-22(28-13)21(27-11-26-20)19-16(34-10-14-2-3-14)4-5-17-23(19)36-12-35-17/h4-5,11,14-15,28H,2-3,6-10,12H2,1H3,(H,29,31)(H,32,33). The van der Waals surface area contributed by atoms with E-state index >= 15 is 0 Å². The molecule has 2 aromatic heterocycles. The molecule has 3 aromatic rings. The van der Waals surface area contributed by atoms with Gasteiger partial charge in [0.15, 0.2) is 11.5 Å². The zero-order chi connectivity index (χ0) is 24.8. The number of fused-ring (bicyclic) bond motifs is 2. The Balaban J connectivity index is 1.34. The van der Waals surface area contributed by atoms with Gasteiger partial charge in [0.1, 0.15) is 23.3 Å². The first-order valence-corrected chi connectivity index (χ1v) is 12.2. The van der Waals surface area contributed by atoms with Crippen LogP contribution in [0.4, 0.5) is 4.79 Å². The molecule has 188 valence electrons. The van der Waals surface area contributed by atoms with Gasteiger partial charge in [0.2, 0.25) is 6.79 Å². The van der Waals surface area contributed by atoms with Gasteiger partial charge >= 0.3 is 6.09 Å². The van der Waals surface area contributed by atoms with Gasteiger partial charge in [-0.05, 0) is 50.7 Å². The maximum atomic E-state index is 13.3. The molecular weight excluding hydrogens is 466 g/mol. The molecule has 1 aliphatic carbocycles. The molecule has 0 radical (unpaired) electrons. The van der Waals surface area contributed by atoms with E-state index in [2.05, 4.69) is 20.3 Å². The fraction of sp³-hybridized carbons (Fsp3) is 0.440. The Morgan fingerprint density at radius 3 is 2.75 bits per heavy atom. The quantitative estimate of drug-likeness (QED) is 0.475. The second-order valence-corrected chi connectivity index (χ2v) is 9.52. The van der Waals surface area contributed by atoms with Crippen molar-refractivity contribution in [1.29, 1.82) is 0 Å². The van der Waals surface area contributed by atoms with Crippen LogP contribution in [0.2, 0.25) is 0 Å². The molecular formula is C25H27N5O6. The molecule has 3 N–H and O–H groups in total. The average molecular weight is 494 g/mol. The van der Waals surface area contributed by atoms with E-state index in [4.69, 9.17) is 19.3 Å². The molecule has 11 nitrogen and oxygen atoms in total. The predicted molar refractivity (Wildman–Crippen MR) is 128 cm³/mol. The number of carbonyl (C=O) groups is 2. The molecule has 36 heavy (non-hydrogen) atoms. The van der Waals surface area contributed by atoms with Crippen molar-refractivity contribution in [1.82, 2.24) is 25.2 Å². The molecule has 0 bridgehead atoms. The summed E-state index contributed by atoms with van der Waals surface area (Å²) in [6.45, 7) is 3.35. The summed E-state index contributed by atoms with van der Waals surface area (Å²) in [7, 11) is 0. The van der Waals surface area contributed by atoms with Crippen LogP contribution in [0.1, 0.15) is 41.7 Å². The van der Waals surface area contributed by atoms with Crippen LogP contribution in [0, 0.1) is 12.8 Å². The van der Waals surface area contributed by atoms with Crippen LogP contribution in [0.25, 0.3) is 22.3 Å². The number of ether oxygens (including phenoxy) is 3. The number of amides is 2. The Hall–Kier alpha value is -4.02. The van der Waals surface area contributed by atoms with Gasteiger partial charge in [0.05, 0.1) is 23.3 Å². The third-order valence-electron chi connectivity index (χ3n) is 7.01. The number of likely N-dealkylation sites (tertiary alicyclic amines) is 1. The third kappa shape index (κ3) is 4.04. The lowest BCUT2D eigenvalue weighted by Crippen LogP contribution is -2.46. The van der Waals surface area contributed by atoms with Gasteiger partial charge in [-0.3, -0.25) is 4.79 Å². The SMILES string of the molecule is Cc1[nH]c2c(-c3c(OCC4CC4)ccc4c3OCO4)ncnc2c1C(=O)NC1CCN(C(=O)O)CC1. The number of rotatable bonds is 6. The molecule has 0 unspecified atom stereocenters. The summed E-state index contributed by atoms with van der Waals surface area (Å²) in [5, 5.41) is 12.2. The van der Waals surface area contributed by atoms with Gasteiger partial charge < -0.3 is 34.5 Å². The third-order valence-corrected chi connectivity index (χ3v) is 7.01. The zero-order valence-corrected chi connectivity index (χ0v) is 19.9. The highest BCUT2D eigenvalue weighted by atomic mass is 16.7. The second-order valence-electron chi connectivity index (χ2n) is 9.52. The van der Waals surface area contributed by atoms with E-state index in [0.717, 1.165) is 0 Å². The summed E-state index contributed by atoms with van der Waals surface area (Å²) < 4.78 is 17.6. The summed E-state index contributed by atoms with van der Waals surface area (Å²) in [6, 6.07) is 3.59. The highest BCUT2D eigenvalue weighted by molar-refractivity contribution is 6.09. The van der Waals surface area contributed by atoms with E-state index in [1.54, 1.807) is 0 Å². The van der Waals surface area contributed by atoms with E-state index < -0.39 is 6.09 Å². The van der Waals surface area contributed by atoms with Crippen molar-refractivity contribution < 1.29 is 28.9 Å². The van der Waals surface area contributed by atoms with Crippen LogP contribution < -0.4 is 19.5 Å². The van der Waals surface area contributed by atoms with E-state index in [9.17, 15) is 9.59 Å². The molecule has 1 saturated carbocycles. The lowest BCUT2D eigenvalue weighted by molar-refractivity contribution is 0.0908. The van der Waals surface area contributed by atoms with E-state index in [-0.39, 0.29) is 18.7 Å². The molecule has 4 heterocycles. The predicted octanol–water partition coefficient (Wildman–Crippen LogP) is 3.32. The largest absolute Gasteiger partial charge is 0.492 e. The molecule has 0 atom stereocenters. The Kier molecular flexibility index (Phi) is 5.54. The number of carboxylic acid groups (broad SMARTS) is 1. The Labute approximate surface area is 206 Å². The van der Waals surface area contributed by atoms with Crippen molar-refractivity contribution in [3.63, 3.8) is 0 Å². The molecule has 6 rings (SSSR count). The van der Waals surface area contributed by atoms with E-state index in [1.807, 2.05) is 19.1 Å². The highest BCUT2D eigenvalue weighted by Crippen LogP contribution is 2.48. The summed E-state index contributed by atoms with van der Waals surface area (Å²) in [5.41, 5.74) is 3.47. The van der Waals surface area contributed by atoms with Crippen LogP contribution in [-0.2, 0) is 0 Å². The molecule has 11 heteroatoms. The number of hydrogen-bond acceptors (Lipinski definition) is 7. The zero-order valence-electron chi connectivity index (χ0n) is 19.9. The summed E-state index contributed by atoms with van der Waals surface area (Å²) in [4.78, 5) is 38.2.